The Kier molecular flexibility index (Phi) is 5.82. The van der Waals surface area contributed by atoms with E-state index in [9.17, 15) is 14.4 Å². The number of hydrogen-bond donors (Lipinski definition) is 0. The van der Waals surface area contributed by atoms with Crippen LogP contribution in [0.5, 0.6) is 5.75 Å². The molecule has 2 aliphatic heterocycles. The van der Waals surface area contributed by atoms with Gasteiger partial charge in [0.2, 0.25) is 11.6 Å². The predicted octanol–water partition coefficient (Wildman–Crippen LogP) is 3.66. The van der Waals surface area contributed by atoms with Gasteiger partial charge in [0, 0.05) is 32.1 Å². The number of nitriles is 1. The summed E-state index contributed by atoms with van der Waals surface area (Å²) in [6.07, 6.45) is 2.93. The Morgan fingerprint density at radius 1 is 1.15 bits per heavy atom. The van der Waals surface area contributed by atoms with Crippen LogP contribution in [0.1, 0.15) is 61.1 Å². The van der Waals surface area contributed by atoms with Crippen molar-refractivity contribution in [3.05, 3.63) is 75.5 Å². The van der Waals surface area contributed by atoms with Crippen LogP contribution in [0, 0.1) is 17.1 Å². The number of benzene rings is 1. The fraction of sp³-hybridized carbons (Fsp3) is 0.414. The van der Waals surface area contributed by atoms with Gasteiger partial charge in [-0.3, -0.25) is 9.69 Å². The zero-order valence-corrected chi connectivity index (χ0v) is 22.2. The van der Waals surface area contributed by atoms with Gasteiger partial charge in [-0.2, -0.15) is 10.2 Å². The summed E-state index contributed by atoms with van der Waals surface area (Å²) >= 11 is 0. The molecule has 11 heteroatoms. The molecule has 7 rings (SSSR count). The second-order valence-corrected chi connectivity index (χ2v) is 10.8. The highest BCUT2D eigenvalue weighted by atomic mass is 19.1. The molecule has 1 aromatic carbocycles. The highest BCUT2D eigenvalue weighted by Gasteiger charge is 2.44. The minimum Gasteiger partial charge on any atom is -0.484 e. The molecule has 3 atom stereocenters. The third kappa shape index (κ3) is 3.93. The molecule has 0 unspecified atom stereocenters. The Hall–Kier alpha value is -4.30. The summed E-state index contributed by atoms with van der Waals surface area (Å²) in [5, 5.41) is 13.8. The summed E-state index contributed by atoms with van der Waals surface area (Å²) in [6, 6.07) is 11.5. The van der Waals surface area contributed by atoms with E-state index in [4.69, 9.17) is 14.2 Å². The summed E-state index contributed by atoms with van der Waals surface area (Å²) in [6.45, 7) is 3.61. The van der Waals surface area contributed by atoms with E-state index >= 15 is 0 Å². The molecular weight excluding hydrogens is 513 g/mol. The first-order valence-electron chi connectivity index (χ1n) is 13.6. The number of aromatic nitrogens is 4. The number of pyridine rings is 2. The molecule has 0 radical (unpaired) electrons. The minimum atomic E-state index is -0.363. The molecule has 2 fully saturated rings. The van der Waals surface area contributed by atoms with Gasteiger partial charge in [0.25, 0.3) is 5.56 Å². The first-order valence-corrected chi connectivity index (χ1v) is 13.6. The van der Waals surface area contributed by atoms with Crippen LogP contribution in [0.25, 0.3) is 11.0 Å². The molecule has 1 saturated carbocycles. The smallest absolute Gasteiger partial charge is 0.295 e. The minimum absolute atomic E-state index is 0.0341. The Morgan fingerprint density at radius 3 is 2.67 bits per heavy atom. The maximum atomic E-state index is 13.9. The second-order valence-electron chi connectivity index (χ2n) is 10.8. The fourth-order valence-corrected chi connectivity index (χ4v) is 6.06. The molecule has 40 heavy (non-hydrogen) atoms. The zero-order valence-electron chi connectivity index (χ0n) is 22.2. The number of piperazine rings is 1. The lowest BCUT2D eigenvalue weighted by Crippen LogP contribution is -2.62. The molecule has 0 N–H and O–H groups in total. The SMILES string of the molecule is CC[C@@H]1CN2c3c(c(=O)n(C)c4ccc(C#N)nc34)OC[C@@H]2CN1[C@H](c1ccc(F)cc1)c1nc(C2CC2)no1. The van der Waals surface area contributed by atoms with E-state index in [1.807, 2.05) is 0 Å². The molecule has 3 aliphatic rings. The number of fused-ring (bicyclic) bond motifs is 5. The maximum absolute atomic E-state index is 13.9. The van der Waals surface area contributed by atoms with Crippen molar-refractivity contribution < 1.29 is 13.7 Å². The van der Waals surface area contributed by atoms with Crippen LogP contribution in [0.15, 0.2) is 45.7 Å². The summed E-state index contributed by atoms with van der Waals surface area (Å²) < 4.78 is 27.4. The Morgan fingerprint density at radius 2 is 1.95 bits per heavy atom. The topological polar surface area (TPSA) is 113 Å². The maximum Gasteiger partial charge on any atom is 0.295 e. The summed E-state index contributed by atoms with van der Waals surface area (Å²) in [5.41, 5.74) is 2.77. The lowest BCUT2D eigenvalue weighted by atomic mass is 9.96. The molecule has 4 aromatic rings. The highest BCUT2D eigenvalue weighted by Crippen LogP contribution is 2.43. The van der Waals surface area contributed by atoms with Crippen molar-refractivity contribution >= 4 is 16.7 Å². The number of aryl methyl sites for hydroxylation is 1. The van der Waals surface area contributed by atoms with Crippen LogP contribution in [0.4, 0.5) is 10.1 Å². The molecule has 5 heterocycles. The van der Waals surface area contributed by atoms with Gasteiger partial charge in [0.05, 0.1) is 11.6 Å². The second kappa shape index (κ2) is 9.41. The van der Waals surface area contributed by atoms with Gasteiger partial charge < -0.3 is 18.7 Å². The molecule has 0 amide bonds. The molecule has 10 nitrogen and oxygen atoms in total. The van der Waals surface area contributed by atoms with Crippen molar-refractivity contribution in [2.75, 3.05) is 24.6 Å². The largest absolute Gasteiger partial charge is 0.484 e. The molecule has 1 saturated heterocycles. The monoisotopic (exact) mass is 541 g/mol. The van der Waals surface area contributed by atoms with Crippen LogP contribution >= 0.6 is 0 Å². The molecule has 3 aromatic heterocycles. The van der Waals surface area contributed by atoms with Crippen molar-refractivity contribution in [2.24, 2.45) is 7.05 Å². The zero-order chi connectivity index (χ0) is 27.5. The van der Waals surface area contributed by atoms with E-state index in [1.54, 1.807) is 31.3 Å². The number of anilines is 1. The standard InChI is InChI=1S/C29H28FN7O3/c1-3-20-13-37-21(15-39-26-25(37)23-22(35(2)29(26)38)11-10-19(12-31)32-23)14-36(20)24(16-6-8-18(30)9-7-16)28-33-27(34-40-28)17-4-5-17/h6-11,17,20-21,24H,3-5,13-15H2,1-2H3/t20-,21+,24-/m1/s1. The molecule has 0 bridgehead atoms. The average Bonchev–Trinajstić information content (AvgIpc) is 3.73. The number of rotatable bonds is 5. The van der Waals surface area contributed by atoms with E-state index in [2.05, 4.69) is 32.9 Å². The van der Waals surface area contributed by atoms with Crippen molar-refractivity contribution in [2.45, 2.75) is 50.2 Å². The van der Waals surface area contributed by atoms with Crippen LogP contribution < -0.4 is 15.2 Å². The van der Waals surface area contributed by atoms with Crippen molar-refractivity contribution in [3.8, 4) is 11.8 Å². The number of nitrogens with zero attached hydrogens (tertiary/aromatic N) is 7. The summed E-state index contributed by atoms with van der Waals surface area (Å²) in [4.78, 5) is 27.2. The van der Waals surface area contributed by atoms with Crippen molar-refractivity contribution in [3.63, 3.8) is 0 Å². The van der Waals surface area contributed by atoms with E-state index in [0.29, 0.717) is 48.2 Å². The van der Waals surface area contributed by atoms with Gasteiger partial charge in [-0.1, -0.05) is 24.2 Å². The van der Waals surface area contributed by atoms with Gasteiger partial charge in [-0.15, -0.1) is 0 Å². The number of ether oxygens (including phenoxy) is 1. The summed E-state index contributed by atoms with van der Waals surface area (Å²) in [7, 11) is 1.69. The first kappa shape index (κ1) is 24.7. The Balaban J connectivity index is 1.32. The number of hydrogen-bond acceptors (Lipinski definition) is 9. The van der Waals surface area contributed by atoms with Crippen molar-refractivity contribution in [1.29, 1.82) is 5.26 Å². The quantitative estimate of drug-likeness (QED) is 0.374. The third-order valence-corrected chi connectivity index (χ3v) is 8.36. The fourth-order valence-electron chi connectivity index (χ4n) is 6.06. The van der Waals surface area contributed by atoms with E-state index in [0.717, 1.165) is 30.7 Å². The van der Waals surface area contributed by atoms with Gasteiger partial charge >= 0.3 is 0 Å². The highest BCUT2D eigenvalue weighted by molar-refractivity contribution is 5.93. The van der Waals surface area contributed by atoms with Crippen LogP contribution in [0.2, 0.25) is 0 Å². The summed E-state index contributed by atoms with van der Waals surface area (Å²) in [5.74, 6) is 1.52. The molecular formula is C29H28FN7O3. The third-order valence-electron chi connectivity index (χ3n) is 8.36. The molecule has 1 aliphatic carbocycles. The van der Waals surface area contributed by atoms with E-state index in [-0.39, 0.29) is 40.9 Å². The van der Waals surface area contributed by atoms with Crippen LogP contribution in [0.3, 0.4) is 0 Å². The molecule has 0 spiro atoms. The first-order chi connectivity index (χ1) is 19.5. The predicted molar refractivity (Wildman–Crippen MR) is 144 cm³/mol. The van der Waals surface area contributed by atoms with Gasteiger partial charge in [-0.05, 0) is 49.1 Å². The van der Waals surface area contributed by atoms with Gasteiger partial charge in [0.1, 0.15) is 41.4 Å². The van der Waals surface area contributed by atoms with E-state index in [1.165, 1.54) is 16.7 Å². The van der Waals surface area contributed by atoms with E-state index < -0.39 is 0 Å². The van der Waals surface area contributed by atoms with Gasteiger partial charge in [-0.25, -0.2) is 9.37 Å². The lowest BCUT2D eigenvalue weighted by molar-refractivity contribution is 0.0755. The normalized spacial score (nSPS) is 21.4. The molecule has 204 valence electrons. The van der Waals surface area contributed by atoms with Crippen molar-refractivity contribution in [1.82, 2.24) is 24.6 Å². The lowest BCUT2D eigenvalue weighted by Gasteiger charge is -2.51. The van der Waals surface area contributed by atoms with Gasteiger partial charge in [0.15, 0.2) is 5.82 Å². The van der Waals surface area contributed by atoms with Crippen LogP contribution in [-0.4, -0.2) is 56.4 Å². The Labute approximate surface area is 229 Å². The average molecular weight is 542 g/mol. The Bertz CT molecular complexity index is 1710. The van der Waals surface area contributed by atoms with Crippen LogP contribution in [-0.2, 0) is 7.05 Å². The number of halogens is 1.